The van der Waals surface area contributed by atoms with Gasteiger partial charge in [-0.2, -0.15) is 0 Å². The normalized spacial score (nSPS) is 16.2. The standard InChI is InChI=1S/C14H19N3O4/c18-16-13-2-3-14(21-19)12(10-13)11-15-4-1-5-17-6-8-20-9-7-17/h2-3,10-11,19H,1,4-9H2/b15-11+. The second kappa shape index (κ2) is 8.46. The van der Waals surface area contributed by atoms with Gasteiger partial charge >= 0.3 is 0 Å². The van der Waals surface area contributed by atoms with Crippen LogP contribution >= 0.6 is 0 Å². The van der Waals surface area contributed by atoms with E-state index in [2.05, 4.69) is 20.0 Å². The van der Waals surface area contributed by atoms with E-state index in [0.29, 0.717) is 12.1 Å². The predicted molar refractivity (Wildman–Crippen MR) is 79.5 cm³/mol. The van der Waals surface area contributed by atoms with Crippen molar-refractivity contribution in [2.24, 2.45) is 10.2 Å². The number of rotatable bonds is 7. The molecule has 1 aromatic rings. The van der Waals surface area contributed by atoms with E-state index >= 15 is 0 Å². The molecular formula is C14H19N3O4. The second-order valence-electron chi connectivity index (χ2n) is 4.75. The second-order valence-corrected chi connectivity index (χ2v) is 4.75. The lowest BCUT2D eigenvalue weighted by Gasteiger charge is -2.26. The Morgan fingerprint density at radius 2 is 2.19 bits per heavy atom. The smallest absolute Gasteiger partial charge is 0.174 e. The number of benzene rings is 1. The molecule has 0 amide bonds. The Balaban J connectivity index is 1.81. The average Bonchev–Trinajstić information content (AvgIpc) is 2.55. The number of nitroso groups, excluding NO2 is 1. The third kappa shape index (κ3) is 4.89. The van der Waals surface area contributed by atoms with Gasteiger partial charge in [0.2, 0.25) is 0 Å². The van der Waals surface area contributed by atoms with Gasteiger partial charge in [-0.05, 0) is 29.8 Å². The number of hydrogen-bond donors (Lipinski definition) is 1. The zero-order chi connectivity index (χ0) is 14.9. The lowest BCUT2D eigenvalue weighted by molar-refractivity contribution is -0.137. The minimum atomic E-state index is 0.249. The van der Waals surface area contributed by atoms with Gasteiger partial charge in [0.15, 0.2) is 5.75 Å². The van der Waals surface area contributed by atoms with Crippen LogP contribution in [0.1, 0.15) is 12.0 Å². The van der Waals surface area contributed by atoms with E-state index in [9.17, 15) is 4.91 Å². The topological polar surface area (TPSA) is 83.7 Å². The lowest BCUT2D eigenvalue weighted by atomic mass is 10.2. The van der Waals surface area contributed by atoms with Gasteiger partial charge < -0.3 is 9.62 Å². The molecule has 7 nitrogen and oxygen atoms in total. The van der Waals surface area contributed by atoms with Crippen molar-refractivity contribution in [3.05, 3.63) is 28.7 Å². The molecule has 7 heteroatoms. The molecule has 0 saturated carbocycles. The van der Waals surface area contributed by atoms with E-state index < -0.39 is 0 Å². The Morgan fingerprint density at radius 1 is 1.38 bits per heavy atom. The Hall–Kier alpha value is -1.83. The van der Waals surface area contributed by atoms with Crippen molar-refractivity contribution < 1.29 is 14.9 Å². The third-order valence-corrected chi connectivity index (χ3v) is 3.29. The molecule has 1 fully saturated rings. The van der Waals surface area contributed by atoms with E-state index in [0.717, 1.165) is 39.3 Å². The first kappa shape index (κ1) is 15.6. The molecule has 0 unspecified atom stereocenters. The van der Waals surface area contributed by atoms with Crippen molar-refractivity contribution in [3.8, 4) is 5.75 Å². The van der Waals surface area contributed by atoms with Crippen LogP contribution in [0.2, 0.25) is 0 Å². The highest BCUT2D eigenvalue weighted by Gasteiger charge is 2.09. The van der Waals surface area contributed by atoms with Crippen molar-refractivity contribution in [2.45, 2.75) is 6.42 Å². The Kier molecular flexibility index (Phi) is 6.26. The van der Waals surface area contributed by atoms with Crippen LogP contribution in [0.3, 0.4) is 0 Å². The molecule has 1 heterocycles. The van der Waals surface area contributed by atoms with Crippen molar-refractivity contribution in [1.29, 1.82) is 0 Å². The van der Waals surface area contributed by atoms with Gasteiger partial charge in [-0.3, -0.25) is 9.89 Å². The highest BCUT2D eigenvalue weighted by atomic mass is 17.1. The van der Waals surface area contributed by atoms with Crippen LogP contribution in [0.4, 0.5) is 5.69 Å². The summed E-state index contributed by atoms with van der Waals surface area (Å²) in [5.74, 6) is 0.249. The summed E-state index contributed by atoms with van der Waals surface area (Å²) in [5, 5.41) is 11.6. The first-order valence-corrected chi connectivity index (χ1v) is 6.92. The molecule has 0 radical (unpaired) electrons. The SMILES string of the molecule is O=Nc1ccc(OO)c(/C=N/CCCN2CCOCC2)c1. The van der Waals surface area contributed by atoms with E-state index in [1.54, 1.807) is 6.21 Å². The molecule has 114 valence electrons. The molecule has 0 aromatic heterocycles. The molecule has 1 aliphatic heterocycles. The van der Waals surface area contributed by atoms with Crippen molar-refractivity contribution >= 4 is 11.9 Å². The Bertz CT molecular complexity index is 487. The van der Waals surface area contributed by atoms with Crippen LogP contribution in [0.5, 0.6) is 5.75 Å². The van der Waals surface area contributed by atoms with E-state index in [-0.39, 0.29) is 11.4 Å². The fourth-order valence-corrected chi connectivity index (χ4v) is 2.15. The van der Waals surface area contributed by atoms with Crippen LogP contribution < -0.4 is 4.89 Å². The molecule has 2 rings (SSSR count). The quantitative estimate of drug-likeness (QED) is 0.273. The summed E-state index contributed by atoms with van der Waals surface area (Å²) in [4.78, 5) is 21.4. The lowest BCUT2D eigenvalue weighted by Crippen LogP contribution is -2.37. The summed E-state index contributed by atoms with van der Waals surface area (Å²) < 4.78 is 5.29. The number of nitrogens with zero attached hydrogens (tertiary/aromatic N) is 3. The first-order chi connectivity index (χ1) is 10.3. The predicted octanol–water partition coefficient (Wildman–Crippen LogP) is 2.08. The fraction of sp³-hybridized carbons (Fsp3) is 0.500. The number of hydrogen-bond acceptors (Lipinski definition) is 7. The molecule has 21 heavy (non-hydrogen) atoms. The number of aliphatic imine (C=N–C) groups is 1. The maximum atomic E-state index is 10.5. The molecule has 0 spiro atoms. The van der Waals surface area contributed by atoms with Crippen LogP contribution in [0.25, 0.3) is 0 Å². The van der Waals surface area contributed by atoms with Crippen LogP contribution in [0, 0.1) is 4.91 Å². The van der Waals surface area contributed by atoms with Gasteiger partial charge in [-0.25, -0.2) is 5.26 Å². The van der Waals surface area contributed by atoms with E-state index in [1.807, 2.05) is 0 Å². The number of ether oxygens (including phenoxy) is 1. The minimum Gasteiger partial charge on any atom is -0.379 e. The van der Waals surface area contributed by atoms with Crippen molar-refractivity contribution in [3.63, 3.8) is 0 Å². The first-order valence-electron chi connectivity index (χ1n) is 6.92. The van der Waals surface area contributed by atoms with Gasteiger partial charge in [0.1, 0.15) is 5.69 Å². The molecule has 0 atom stereocenters. The average molecular weight is 293 g/mol. The van der Waals surface area contributed by atoms with Crippen LogP contribution in [-0.4, -0.2) is 55.8 Å². The van der Waals surface area contributed by atoms with Gasteiger partial charge in [-0.15, -0.1) is 4.91 Å². The summed E-state index contributed by atoms with van der Waals surface area (Å²) in [6.07, 6.45) is 2.52. The maximum Gasteiger partial charge on any atom is 0.174 e. The third-order valence-electron chi connectivity index (χ3n) is 3.29. The van der Waals surface area contributed by atoms with Gasteiger partial charge in [0, 0.05) is 38.0 Å². The molecule has 1 saturated heterocycles. The van der Waals surface area contributed by atoms with Gasteiger partial charge in [0.25, 0.3) is 0 Å². The monoisotopic (exact) mass is 293 g/mol. The summed E-state index contributed by atoms with van der Waals surface area (Å²) >= 11 is 0. The van der Waals surface area contributed by atoms with Crippen molar-refractivity contribution in [1.82, 2.24) is 4.90 Å². The van der Waals surface area contributed by atoms with Crippen molar-refractivity contribution in [2.75, 3.05) is 39.4 Å². The fourth-order valence-electron chi connectivity index (χ4n) is 2.15. The maximum absolute atomic E-state index is 10.5. The highest BCUT2D eigenvalue weighted by molar-refractivity contribution is 5.84. The molecule has 1 N–H and O–H groups in total. The molecule has 0 aliphatic carbocycles. The van der Waals surface area contributed by atoms with Crippen LogP contribution in [-0.2, 0) is 4.74 Å². The molecule has 1 aromatic carbocycles. The molecule has 1 aliphatic rings. The molecular weight excluding hydrogens is 274 g/mol. The van der Waals surface area contributed by atoms with E-state index in [1.165, 1.54) is 18.2 Å². The summed E-state index contributed by atoms with van der Waals surface area (Å²) in [6, 6.07) is 4.46. The highest BCUT2D eigenvalue weighted by Crippen LogP contribution is 2.22. The number of morpholine rings is 1. The van der Waals surface area contributed by atoms with E-state index in [4.69, 9.17) is 9.99 Å². The Morgan fingerprint density at radius 3 is 2.90 bits per heavy atom. The Labute approximate surface area is 123 Å². The summed E-state index contributed by atoms with van der Waals surface area (Å²) in [7, 11) is 0. The summed E-state index contributed by atoms with van der Waals surface area (Å²) in [5.41, 5.74) is 0.798. The van der Waals surface area contributed by atoms with Gasteiger partial charge in [0.05, 0.1) is 13.2 Å². The molecule has 0 bridgehead atoms. The summed E-state index contributed by atoms with van der Waals surface area (Å²) in [6.45, 7) is 5.19. The minimum absolute atomic E-state index is 0.249. The zero-order valence-corrected chi connectivity index (χ0v) is 11.8. The van der Waals surface area contributed by atoms with Gasteiger partial charge in [-0.1, -0.05) is 0 Å². The zero-order valence-electron chi connectivity index (χ0n) is 11.8. The van der Waals surface area contributed by atoms with Crippen LogP contribution in [0.15, 0.2) is 28.4 Å². The largest absolute Gasteiger partial charge is 0.379 e.